The van der Waals surface area contributed by atoms with Gasteiger partial charge < -0.3 is 20.9 Å². The average molecular weight is 586 g/mol. The summed E-state index contributed by atoms with van der Waals surface area (Å²) in [6.45, 7) is 7.17. The minimum Gasteiger partial charge on any atom is -0.354 e. The fourth-order valence-corrected chi connectivity index (χ4v) is 5.94. The van der Waals surface area contributed by atoms with Gasteiger partial charge in [-0.15, -0.1) is 0 Å². The van der Waals surface area contributed by atoms with Crippen LogP contribution in [0.1, 0.15) is 52.0 Å². The third-order valence-corrected chi connectivity index (χ3v) is 8.45. The number of nitrogens with one attached hydrogen (secondary N) is 3. The van der Waals surface area contributed by atoms with Crippen LogP contribution in [0.5, 0.6) is 0 Å². The first-order valence-corrected chi connectivity index (χ1v) is 15.4. The summed E-state index contributed by atoms with van der Waals surface area (Å²) in [7, 11) is 2.17. The monoisotopic (exact) mass is 585 g/mol. The molecule has 1 saturated heterocycles. The first kappa shape index (κ1) is 29.4. The Morgan fingerprint density at radius 1 is 0.841 bits per heavy atom. The summed E-state index contributed by atoms with van der Waals surface area (Å²) in [4.78, 5) is 31.9. The van der Waals surface area contributed by atoms with Crippen LogP contribution in [0.25, 0.3) is 11.3 Å². The Hall–Kier alpha value is -4.72. The molecule has 0 saturated carbocycles. The second kappa shape index (κ2) is 13.3. The zero-order chi connectivity index (χ0) is 30.5. The largest absolute Gasteiger partial charge is 0.354 e. The van der Waals surface area contributed by atoms with E-state index < -0.39 is 0 Å². The maximum absolute atomic E-state index is 13.6. The summed E-state index contributed by atoms with van der Waals surface area (Å²) in [6.07, 6.45) is 0.766. The van der Waals surface area contributed by atoms with Crippen LogP contribution in [-0.2, 0) is 11.3 Å². The van der Waals surface area contributed by atoms with Gasteiger partial charge in [0.05, 0.1) is 17.3 Å². The zero-order valence-corrected chi connectivity index (χ0v) is 25.3. The molecule has 1 atom stereocenters. The van der Waals surface area contributed by atoms with Crippen molar-refractivity contribution in [1.82, 2.24) is 15.1 Å². The van der Waals surface area contributed by atoms with E-state index in [9.17, 15) is 9.59 Å². The Bertz CT molecular complexity index is 1660. The Balaban J connectivity index is 1.32. The molecule has 224 valence electrons. The highest BCUT2D eigenvalue weighted by Crippen LogP contribution is 2.38. The van der Waals surface area contributed by atoms with Gasteiger partial charge in [-0.25, -0.2) is 0 Å². The lowest BCUT2D eigenvalue weighted by Gasteiger charge is -2.32. The van der Waals surface area contributed by atoms with E-state index in [0.29, 0.717) is 28.1 Å². The van der Waals surface area contributed by atoms with Gasteiger partial charge in [0.15, 0.2) is 0 Å². The molecular weight excluding hydrogens is 546 g/mol. The Kier molecular flexibility index (Phi) is 8.86. The number of fused-ring (bicyclic) bond motifs is 1. The molecule has 2 aliphatic heterocycles. The van der Waals surface area contributed by atoms with E-state index in [1.54, 1.807) is 6.07 Å². The van der Waals surface area contributed by atoms with Gasteiger partial charge in [0.25, 0.3) is 11.8 Å². The highest BCUT2D eigenvalue weighted by molar-refractivity contribution is 6.37. The Morgan fingerprint density at radius 3 is 2.30 bits per heavy atom. The van der Waals surface area contributed by atoms with E-state index in [1.165, 1.54) is 5.56 Å². The topological polar surface area (TPSA) is 76.7 Å². The predicted molar refractivity (Wildman–Crippen MR) is 178 cm³/mol. The molecule has 0 unspecified atom stereocenters. The van der Waals surface area contributed by atoms with Crippen molar-refractivity contribution in [2.24, 2.45) is 0 Å². The number of carbonyl (C=O) groups is 2. The number of nitrogens with zero attached hydrogens (tertiary/aromatic N) is 2. The number of hydrogen-bond donors (Lipinski definition) is 3. The number of rotatable bonds is 9. The van der Waals surface area contributed by atoms with Crippen LogP contribution in [-0.4, -0.2) is 54.8 Å². The van der Waals surface area contributed by atoms with E-state index in [2.05, 4.69) is 57.9 Å². The number of hydrogen-bond acceptors (Lipinski definition) is 5. The Labute approximate surface area is 259 Å². The number of anilines is 2. The van der Waals surface area contributed by atoms with Crippen LogP contribution in [0.15, 0.2) is 103 Å². The maximum atomic E-state index is 13.6. The van der Waals surface area contributed by atoms with Crippen molar-refractivity contribution in [1.29, 1.82) is 0 Å². The first-order chi connectivity index (χ1) is 21.5. The van der Waals surface area contributed by atoms with Crippen molar-refractivity contribution in [3.8, 4) is 0 Å². The highest BCUT2D eigenvalue weighted by Gasteiger charge is 2.30. The molecule has 7 nitrogen and oxygen atoms in total. The maximum Gasteiger partial charge on any atom is 0.258 e. The van der Waals surface area contributed by atoms with E-state index in [-0.39, 0.29) is 17.9 Å². The van der Waals surface area contributed by atoms with Gasteiger partial charge in [0, 0.05) is 55.2 Å². The first-order valence-electron chi connectivity index (χ1n) is 15.4. The molecule has 0 aliphatic carbocycles. The zero-order valence-electron chi connectivity index (χ0n) is 25.3. The van der Waals surface area contributed by atoms with Gasteiger partial charge in [-0.1, -0.05) is 79.7 Å². The second-order valence-corrected chi connectivity index (χ2v) is 11.6. The summed E-state index contributed by atoms with van der Waals surface area (Å²) in [5, 5.41) is 9.79. The average Bonchev–Trinajstić information content (AvgIpc) is 3.39. The normalized spacial score (nSPS) is 17.0. The van der Waals surface area contributed by atoms with E-state index in [0.717, 1.165) is 56.0 Å². The molecule has 2 amide bonds. The molecule has 44 heavy (non-hydrogen) atoms. The molecule has 6 rings (SSSR count). The van der Waals surface area contributed by atoms with Crippen LogP contribution in [0.2, 0.25) is 0 Å². The summed E-state index contributed by atoms with van der Waals surface area (Å²) >= 11 is 0. The molecule has 0 spiro atoms. The standard InChI is InChI=1S/C37H39N5O2/c1-3-32(27-12-6-4-7-13-27)39-36(43)29-17-18-33-31(24-29)34(37(44)40-33)35(28-14-8-5-9-15-28)38-30-16-10-11-26(23-30)25-42-21-19-41(2)20-22-42/h4-18,23-24,32,38H,3,19-22,25H2,1-2H3,(H,39,43)(H,40,44)/b35-34-/t32-/m1/s1. The summed E-state index contributed by atoms with van der Waals surface area (Å²) < 4.78 is 0. The molecule has 1 fully saturated rings. The van der Waals surface area contributed by atoms with Crippen molar-refractivity contribution in [2.75, 3.05) is 43.9 Å². The van der Waals surface area contributed by atoms with Gasteiger partial charge >= 0.3 is 0 Å². The second-order valence-electron chi connectivity index (χ2n) is 11.6. The van der Waals surface area contributed by atoms with Crippen LogP contribution < -0.4 is 16.0 Å². The van der Waals surface area contributed by atoms with Gasteiger partial charge in [0.2, 0.25) is 0 Å². The molecular formula is C37H39N5O2. The third-order valence-electron chi connectivity index (χ3n) is 8.45. The quantitative estimate of drug-likeness (QED) is 0.203. The molecule has 2 aliphatic rings. The lowest BCUT2D eigenvalue weighted by atomic mass is 9.97. The van der Waals surface area contributed by atoms with Crippen LogP contribution in [0, 0.1) is 0 Å². The fourth-order valence-electron chi connectivity index (χ4n) is 5.94. The minimum absolute atomic E-state index is 0.105. The molecule has 3 N–H and O–H groups in total. The van der Waals surface area contributed by atoms with Gasteiger partial charge in [-0.2, -0.15) is 0 Å². The van der Waals surface area contributed by atoms with Gasteiger partial charge in [0.1, 0.15) is 0 Å². The highest BCUT2D eigenvalue weighted by atomic mass is 16.2. The van der Waals surface area contributed by atoms with Crippen molar-refractivity contribution in [3.63, 3.8) is 0 Å². The molecule has 0 aromatic heterocycles. The Morgan fingerprint density at radius 2 is 1.57 bits per heavy atom. The summed E-state index contributed by atoms with van der Waals surface area (Å²) in [5.41, 5.74) is 7.20. The van der Waals surface area contributed by atoms with Crippen molar-refractivity contribution in [2.45, 2.75) is 25.9 Å². The third kappa shape index (κ3) is 6.59. The number of benzene rings is 4. The van der Waals surface area contributed by atoms with Crippen molar-refractivity contribution in [3.05, 3.63) is 131 Å². The van der Waals surface area contributed by atoms with E-state index in [4.69, 9.17) is 0 Å². The summed E-state index contributed by atoms with van der Waals surface area (Å²) in [6, 6.07) is 33.6. The van der Waals surface area contributed by atoms with Crippen molar-refractivity contribution >= 4 is 34.5 Å². The fraction of sp³-hybridized carbons (Fsp3) is 0.243. The van der Waals surface area contributed by atoms with Crippen molar-refractivity contribution < 1.29 is 9.59 Å². The van der Waals surface area contributed by atoms with Gasteiger partial charge in [-0.05, 0) is 60.5 Å². The van der Waals surface area contributed by atoms with Crippen LogP contribution in [0.4, 0.5) is 11.4 Å². The smallest absolute Gasteiger partial charge is 0.258 e. The number of piperazine rings is 1. The molecule has 0 radical (unpaired) electrons. The lowest BCUT2D eigenvalue weighted by molar-refractivity contribution is -0.110. The van der Waals surface area contributed by atoms with E-state index >= 15 is 0 Å². The number of likely N-dealkylation sites (N-methyl/N-ethyl adjacent to an activating group) is 1. The summed E-state index contributed by atoms with van der Waals surface area (Å²) in [5.74, 6) is -0.374. The molecule has 4 aromatic carbocycles. The SMILES string of the molecule is CC[C@@H](NC(=O)c1ccc2c(c1)/C(=C(/Nc1cccc(CN3CCN(C)CC3)c1)c1ccccc1)C(=O)N2)c1ccccc1. The van der Waals surface area contributed by atoms with Crippen LogP contribution in [0.3, 0.4) is 0 Å². The number of amides is 2. The van der Waals surface area contributed by atoms with Gasteiger partial charge in [-0.3, -0.25) is 14.5 Å². The minimum atomic E-state index is -0.201. The van der Waals surface area contributed by atoms with E-state index in [1.807, 2.05) is 78.9 Å². The lowest BCUT2D eigenvalue weighted by Crippen LogP contribution is -2.43. The van der Waals surface area contributed by atoms with Crippen LogP contribution >= 0.6 is 0 Å². The molecule has 4 aromatic rings. The molecule has 2 heterocycles. The number of carbonyl (C=O) groups excluding carboxylic acids is 2. The molecule has 7 heteroatoms. The molecule has 0 bridgehead atoms. The predicted octanol–water partition coefficient (Wildman–Crippen LogP) is 6.25.